The van der Waals surface area contributed by atoms with Gasteiger partial charge in [0.2, 0.25) is 0 Å². The van der Waals surface area contributed by atoms with Crippen molar-refractivity contribution in [2.45, 2.75) is 0 Å². The smallest absolute Gasteiger partial charge is 0.186 e. The standard InChI is InChI=1S/C15H10N2OS/c18-15(9-8-12-10-19-17-16-12)14-7-3-5-11-4-1-2-6-13(11)14/h1-10H/b9-8+. The molecule has 0 atom stereocenters. The maximum atomic E-state index is 12.2. The molecule has 0 unspecified atom stereocenters. The summed E-state index contributed by atoms with van der Waals surface area (Å²) in [6.07, 6.45) is 3.23. The van der Waals surface area contributed by atoms with Crippen LogP contribution in [-0.2, 0) is 0 Å². The number of aromatic nitrogens is 2. The van der Waals surface area contributed by atoms with Gasteiger partial charge >= 0.3 is 0 Å². The molecule has 0 saturated carbocycles. The molecule has 0 aliphatic rings. The van der Waals surface area contributed by atoms with E-state index in [1.54, 1.807) is 17.5 Å². The minimum Gasteiger partial charge on any atom is -0.289 e. The molecular formula is C15H10N2OS. The number of allylic oxidation sites excluding steroid dienone is 1. The summed E-state index contributed by atoms with van der Waals surface area (Å²) >= 11 is 1.27. The first kappa shape index (κ1) is 11.7. The molecule has 19 heavy (non-hydrogen) atoms. The highest BCUT2D eigenvalue weighted by Gasteiger charge is 2.06. The van der Waals surface area contributed by atoms with Gasteiger partial charge in [0.25, 0.3) is 0 Å². The highest BCUT2D eigenvalue weighted by atomic mass is 32.1. The van der Waals surface area contributed by atoms with E-state index in [9.17, 15) is 4.79 Å². The molecule has 0 aliphatic carbocycles. The highest BCUT2D eigenvalue weighted by molar-refractivity contribution is 7.03. The van der Waals surface area contributed by atoms with Crippen LogP contribution in [0.3, 0.4) is 0 Å². The molecule has 3 rings (SSSR count). The van der Waals surface area contributed by atoms with E-state index < -0.39 is 0 Å². The van der Waals surface area contributed by atoms with Crippen LogP contribution in [0.5, 0.6) is 0 Å². The summed E-state index contributed by atoms with van der Waals surface area (Å²) < 4.78 is 3.75. The van der Waals surface area contributed by atoms with Crippen molar-refractivity contribution in [1.82, 2.24) is 9.59 Å². The average molecular weight is 266 g/mol. The van der Waals surface area contributed by atoms with E-state index in [2.05, 4.69) is 9.59 Å². The van der Waals surface area contributed by atoms with Gasteiger partial charge in [0, 0.05) is 10.9 Å². The van der Waals surface area contributed by atoms with Crippen molar-refractivity contribution in [3.8, 4) is 0 Å². The number of benzene rings is 2. The summed E-state index contributed by atoms with van der Waals surface area (Å²) in [7, 11) is 0. The van der Waals surface area contributed by atoms with Crippen molar-refractivity contribution in [3.63, 3.8) is 0 Å². The van der Waals surface area contributed by atoms with Gasteiger partial charge in [0.05, 0.1) is 5.69 Å². The number of hydrogen-bond acceptors (Lipinski definition) is 4. The van der Waals surface area contributed by atoms with Crippen LogP contribution < -0.4 is 0 Å². The predicted octanol–water partition coefficient (Wildman–Crippen LogP) is 3.59. The largest absolute Gasteiger partial charge is 0.289 e. The second-order valence-corrected chi connectivity index (χ2v) is 4.66. The Kier molecular flexibility index (Phi) is 3.16. The fraction of sp³-hybridized carbons (Fsp3) is 0. The molecule has 0 saturated heterocycles. The highest BCUT2D eigenvalue weighted by Crippen LogP contribution is 2.19. The molecule has 92 valence electrons. The van der Waals surface area contributed by atoms with E-state index in [4.69, 9.17) is 0 Å². The summed E-state index contributed by atoms with van der Waals surface area (Å²) in [6.45, 7) is 0. The van der Waals surface area contributed by atoms with Crippen LogP contribution in [0.25, 0.3) is 16.8 Å². The summed E-state index contributed by atoms with van der Waals surface area (Å²) in [4.78, 5) is 12.2. The van der Waals surface area contributed by atoms with Crippen molar-refractivity contribution < 1.29 is 4.79 Å². The second-order valence-electron chi connectivity index (χ2n) is 4.05. The zero-order valence-electron chi connectivity index (χ0n) is 9.98. The molecular weight excluding hydrogens is 256 g/mol. The second kappa shape index (κ2) is 5.12. The van der Waals surface area contributed by atoms with Crippen LogP contribution in [0.15, 0.2) is 53.9 Å². The molecule has 0 radical (unpaired) electrons. The molecule has 0 N–H and O–H groups in total. The maximum Gasteiger partial charge on any atom is 0.186 e. The van der Waals surface area contributed by atoms with E-state index in [0.29, 0.717) is 11.3 Å². The number of ketones is 1. The minimum atomic E-state index is -0.0233. The SMILES string of the molecule is O=C(/C=C/c1csnn1)c1cccc2ccccc12. The number of carbonyl (C=O) groups excluding carboxylic acids is 1. The molecule has 0 bridgehead atoms. The Morgan fingerprint density at radius 1 is 1.11 bits per heavy atom. The maximum absolute atomic E-state index is 12.2. The summed E-state index contributed by atoms with van der Waals surface area (Å²) in [6, 6.07) is 13.6. The van der Waals surface area contributed by atoms with Gasteiger partial charge in [-0.2, -0.15) is 0 Å². The molecule has 0 spiro atoms. The van der Waals surface area contributed by atoms with Crippen molar-refractivity contribution in [3.05, 3.63) is 65.2 Å². The van der Waals surface area contributed by atoms with Crippen molar-refractivity contribution >= 4 is 34.2 Å². The van der Waals surface area contributed by atoms with E-state index in [1.165, 1.54) is 11.5 Å². The van der Waals surface area contributed by atoms with Crippen LogP contribution >= 0.6 is 11.5 Å². The quantitative estimate of drug-likeness (QED) is 0.537. The lowest BCUT2D eigenvalue weighted by Gasteiger charge is -2.02. The number of carbonyl (C=O) groups is 1. The lowest BCUT2D eigenvalue weighted by molar-refractivity contribution is 0.104. The van der Waals surface area contributed by atoms with E-state index in [0.717, 1.165) is 10.8 Å². The normalized spacial score (nSPS) is 11.2. The Balaban J connectivity index is 1.98. The van der Waals surface area contributed by atoms with Crippen LogP contribution in [0, 0.1) is 0 Å². The number of fused-ring (bicyclic) bond motifs is 1. The Bertz CT molecular complexity index is 742. The monoisotopic (exact) mass is 266 g/mol. The van der Waals surface area contributed by atoms with Crippen LogP contribution in [0.1, 0.15) is 16.1 Å². The fourth-order valence-corrected chi connectivity index (χ4v) is 2.36. The Labute approximate surface area is 114 Å². The molecule has 1 aromatic heterocycles. The Hall–Kier alpha value is -2.33. The average Bonchev–Trinajstić information content (AvgIpc) is 2.97. The molecule has 1 heterocycles. The minimum absolute atomic E-state index is 0.0233. The molecule has 2 aromatic carbocycles. The van der Waals surface area contributed by atoms with E-state index in [1.807, 2.05) is 42.5 Å². The molecule has 0 aliphatic heterocycles. The summed E-state index contributed by atoms with van der Waals surface area (Å²) in [5.41, 5.74) is 1.41. The molecule has 0 amide bonds. The van der Waals surface area contributed by atoms with Gasteiger partial charge < -0.3 is 0 Å². The van der Waals surface area contributed by atoms with Gasteiger partial charge in [-0.1, -0.05) is 47.0 Å². The van der Waals surface area contributed by atoms with Crippen LogP contribution in [0.4, 0.5) is 0 Å². The molecule has 3 aromatic rings. The number of nitrogens with zero attached hydrogens (tertiary/aromatic N) is 2. The number of hydrogen-bond donors (Lipinski definition) is 0. The van der Waals surface area contributed by atoms with Crippen LogP contribution in [0.2, 0.25) is 0 Å². The van der Waals surface area contributed by atoms with Gasteiger partial charge in [-0.3, -0.25) is 4.79 Å². The lowest BCUT2D eigenvalue weighted by Crippen LogP contribution is -1.95. The van der Waals surface area contributed by atoms with Gasteiger partial charge in [0.1, 0.15) is 0 Å². The first-order valence-corrected chi connectivity index (χ1v) is 6.65. The zero-order valence-corrected chi connectivity index (χ0v) is 10.8. The zero-order chi connectivity index (χ0) is 13.1. The first-order chi connectivity index (χ1) is 9.34. The molecule has 3 nitrogen and oxygen atoms in total. The predicted molar refractivity (Wildman–Crippen MR) is 77.2 cm³/mol. The van der Waals surface area contributed by atoms with Crippen molar-refractivity contribution in [1.29, 1.82) is 0 Å². The summed E-state index contributed by atoms with van der Waals surface area (Å²) in [5, 5.41) is 7.71. The van der Waals surface area contributed by atoms with Crippen LogP contribution in [-0.4, -0.2) is 15.4 Å². The fourth-order valence-electron chi connectivity index (χ4n) is 1.94. The van der Waals surface area contributed by atoms with Crippen molar-refractivity contribution in [2.75, 3.05) is 0 Å². The van der Waals surface area contributed by atoms with E-state index >= 15 is 0 Å². The summed E-state index contributed by atoms with van der Waals surface area (Å²) in [5.74, 6) is -0.0233. The van der Waals surface area contributed by atoms with Crippen molar-refractivity contribution in [2.24, 2.45) is 0 Å². The lowest BCUT2D eigenvalue weighted by atomic mass is 10.0. The van der Waals surface area contributed by atoms with Gasteiger partial charge in [0.15, 0.2) is 5.78 Å². The van der Waals surface area contributed by atoms with Gasteiger partial charge in [-0.25, -0.2) is 0 Å². The third-order valence-electron chi connectivity index (χ3n) is 2.84. The number of rotatable bonds is 3. The molecule has 0 fully saturated rings. The topological polar surface area (TPSA) is 42.9 Å². The van der Waals surface area contributed by atoms with E-state index in [-0.39, 0.29) is 5.78 Å². The third kappa shape index (κ3) is 2.44. The third-order valence-corrected chi connectivity index (χ3v) is 3.36. The Morgan fingerprint density at radius 3 is 2.79 bits per heavy atom. The Morgan fingerprint density at radius 2 is 1.95 bits per heavy atom. The van der Waals surface area contributed by atoms with Gasteiger partial charge in [-0.15, -0.1) is 5.10 Å². The van der Waals surface area contributed by atoms with Gasteiger partial charge in [-0.05, 0) is 34.5 Å². The first-order valence-electron chi connectivity index (χ1n) is 5.82. The molecule has 4 heteroatoms.